The van der Waals surface area contributed by atoms with Gasteiger partial charge < -0.3 is 4.57 Å². The van der Waals surface area contributed by atoms with Crippen LogP contribution in [-0.4, -0.2) is 19.5 Å². The molecule has 5 heteroatoms. The van der Waals surface area contributed by atoms with Crippen LogP contribution in [0.4, 0.5) is 0 Å². The van der Waals surface area contributed by atoms with E-state index < -0.39 is 0 Å². The van der Waals surface area contributed by atoms with E-state index in [9.17, 15) is 5.26 Å². The lowest BCUT2D eigenvalue weighted by Crippen LogP contribution is -2.01. The molecule has 238 valence electrons. The van der Waals surface area contributed by atoms with Gasteiger partial charge >= 0.3 is 0 Å². The number of hydrogen-bond donors (Lipinski definition) is 0. The first-order chi connectivity index (χ1) is 25.2. The van der Waals surface area contributed by atoms with Crippen LogP contribution >= 0.6 is 0 Å². The molecule has 51 heavy (non-hydrogen) atoms. The van der Waals surface area contributed by atoms with Gasteiger partial charge in [0.15, 0.2) is 17.5 Å². The summed E-state index contributed by atoms with van der Waals surface area (Å²) in [6.07, 6.45) is 0. The molecule has 0 aliphatic rings. The van der Waals surface area contributed by atoms with Gasteiger partial charge in [0.05, 0.1) is 22.7 Å². The summed E-state index contributed by atoms with van der Waals surface area (Å²) >= 11 is 0. The van der Waals surface area contributed by atoms with Crippen molar-refractivity contribution in [1.82, 2.24) is 19.5 Å². The fraction of sp³-hybridized carbons (Fsp3) is 0. The summed E-state index contributed by atoms with van der Waals surface area (Å²) in [5.74, 6) is 1.62. The number of nitrogens with zero attached hydrogens (tertiary/aromatic N) is 5. The Labute approximate surface area is 295 Å². The molecule has 0 spiro atoms. The second-order valence-electron chi connectivity index (χ2n) is 12.4. The fourth-order valence-corrected chi connectivity index (χ4v) is 6.82. The summed E-state index contributed by atoms with van der Waals surface area (Å²) in [6, 6.07) is 62.2. The van der Waals surface area contributed by atoms with Crippen molar-refractivity contribution in [2.24, 2.45) is 0 Å². The zero-order chi connectivity index (χ0) is 34.1. The Morgan fingerprint density at radius 1 is 0.392 bits per heavy atom. The van der Waals surface area contributed by atoms with Crippen molar-refractivity contribution in [3.05, 3.63) is 181 Å². The molecule has 9 rings (SSSR count). The molecular formula is C46H29N5. The maximum absolute atomic E-state index is 10.5. The summed E-state index contributed by atoms with van der Waals surface area (Å²) in [5.41, 5.74) is 10.5. The third kappa shape index (κ3) is 5.51. The lowest BCUT2D eigenvalue weighted by molar-refractivity contribution is 1.07. The van der Waals surface area contributed by atoms with E-state index in [4.69, 9.17) is 15.0 Å². The first-order valence-corrected chi connectivity index (χ1v) is 16.8. The van der Waals surface area contributed by atoms with E-state index in [2.05, 4.69) is 114 Å². The van der Waals surface area contributed by atoms with Gasteiger partial charge in [-0.3, -0.25) is 0 Å². The van der Waals surface area contributed by atoms with Gasteiger partial charge in [-0.25, -0.2) is 15.0 Å². The van der Waals surface area contributed by atoms with Gasteiger partial charge in [0.2, 0.25) is 0 Å². The third-order valence-electron chi connectivity index (χ3n) is 9.30. The highest BCUT2D eigenvalue weighted by atomic mass is 15.0. The molecule has 9 aromatic rings. The first-order valence-electron chi connectivity index (χ1n) is 16.8. The van der Waals surface area contributed by atoms with E-state index in [1.54, 1.807) is 0 Å². The van der Waals surface area contributed by atoms with Gasteiger partial charge in [0.25, 0.3) is 0 Å². The van der Waals surface area contributed by atoms with Crippen LogP contribution in [-0.2, 0) is 0 Å². The number of aromatic nitrogens is 4. The summed E-state index contributed by atoms with van der Waals surface area (Å²) in [5, 5.41) is 12.5. The predicted octanol–water partition coefficient (Wildman–Crippen LogP) is 11.2. The Bertz CT molecular complexity index is 2610. The Kier molecular flexibility index (Phi) is 7.46. The monoisotopic (exact) mass is 651 g/mol. The van der Waals surface area contributed by atoms with Gasteiger partial charge in [0, 0.05) is 33.2 Å². The van der Waals surface area contributed by atoms with Crippen LogP contribution in [0.3, 0.4) is 0 Å². The van der Waals surface area contributed by atoms with Crippen molar-refractivity contribution in [1.29, 1.82) is 5.26 Å². The molecule has 0 saturated heterocycles. The second kappa shape index (κ2) is 12.7. The lowest BCUT2D eigenvalue weighted by Gasteiger charge is -2.11. The molecule has 0 aliphatic heterocycles. The van der Waals surface area contributed by atoms with E-state index in [1.807, 2.05) is 72.8 Å². The topological polar surface area (TPSA) is 67.4 Å². The maximum atomic E-state index is 10.5. The Balaban J connectivity index is 1.24. The summed E-state index contributed by atoms with van der Waals surface area (Å²) in [7, 11) is 0. The number of nitriles is 1. The molecule has 0 fully saturated rings. The number of benzene rings is 7. The average molecular weight is 652 g/mol. The van der Waals surface area contributed by atoms with Crippen molar-refractivity contribution in [3.8, 4) is 68.2 Å². The molecular weight excluding hydrogens is 623 g/mol. The van der Waals surface area contributed by atoms with E-state index in [0.29, 0.717) is 23.0 Å². The van der Waals surface area contributed by atoms with Gasteiger partial charge in [-0.1, -0.05) is 146 Å². The molecule has 0 bridgehead atoms. The van der Waals surface area contributed by atoms with E-state index in [0.717, 1.165) is 66.4 Å². The third-order valence-corrected chi connectivity index (χ3v) is 9.30. The van der Waals surface area contributed by atoms with E-state index >= 15 is 0 Å². The zero-order valence-electron chi connectivity index (χ0n) is 27.5. The zero-order valence-corrected chi connectivity index (χ0v) is 27.5. The molecule has 2 heterocycles. The second-order valence-corrected chi connectivity index (χ2v) is 12.4. The van der Waals surface area contributed by atoms with Gasteiger partial charge in [-0.05, 0) is 52.6 Å². The van der Waals surface area contributed by atoms with Crippen LogP contribution in [0.5, 0.6) is 0 Å². The fourth-order valence-electron chi connectivity index (χ4n) is 6.82. The lowest BCUT2D eigenvalue weighted by atomic mass is 10.0. The molecule has 0 saturated carbocycles. The minimum absolute atomic E-state index is 0.498. The minimum Gasteiger partial charge on any atom is -0.309 e. The normalized spacial score (nSPS) is 11.1. The van der Waals surface area contributed by atoms with Crippen LogP contribution in [0.1, 0.15) is 5.56 Å². The van der Waals surface area contributed by atoms with Gasteiger partial charge in [0.1, 0.15) is 0 Å². The summed E-state index contributed by atoms with van der Waals surface area (Å²) < 4.78 is 2.21. The van der Waals surface area contributed by atoms with Crippen LogP contribution < -0.4 is 0 Å². The number of para-hydroxylation sites is 2. The minimum atomic E-state index is 0.498. The number of rotatable bonds is 6. The smallest absolute Gasteiger partial charge is 0.164 e. The Morgan fingerprint density at radius 2 is 0.824 bits per heavy atom. The largest absolute Gasteiger partial charge is 0.309 e. The van der Waals surface area contributed by atoms with Crippen molar-refractivity contribution >= 4 is 21.8 Å². The SMILES string of the molecule is N#Cc1cc(-c2nc(-c3ccc(-c4ccccc4)cc3)nc(-c3ccc(-c4ccccc4)cc3)n2)cc2c1c1ccccc1n2-c1ccccc1. The van der Waals surface area contributed by atoms with Gasteiger partial charge in [-0.15, -0.1) is 0 Å². The molecule has 0 radical (unpaired) electrons. The van der Waals surface area contributed by atoms with Crippen LogP contribution in [0.15, 0.2) is 176 Å². The van der Waals surface area contributed by atoms with E-state index in [1.165, 1.54) is 0 Å². The predicted molar refractivity (Wildman–Crippen MR) is 206 cm³/mol. The molecule has 0 aliphatic carbocycles. The van der Waals surface area contributed by atoms with Crippen molar-refractivity contribution in [2.75, 3.05) is 0 Å². The quantitative estimate of drug-likeness (QED) is 0.179. The number of hydrogen-bond acceptors (Lipinski definition) is 4. The summed E-state index contributed by atoms with van der Waals surface area (Å²) in [6.45, 7) is 0. The standard InChI is InChI=1S/C46H29N5/c47-30-38-28-37(29-42-43(38)40-18-10-11-19-41(40)51(42)39-16-8-3-9-17-39)46-49-44(35-24-20-33(21-25-35)31-12-4-1-5-13-31)48-45(50-46)36-26-22-34(23-27-36)32-14-6-2-7-15-32/h1-29H. The van der Waals surface area contributed by atoms with Gasteiger partial charge in [-0.2, -0.15) is 5.26 Å². The van der Waals surface area contributed by atoms with Crippen molar-refractivity contribution in [3.63, 3.8) is 0 Å². The highest BCUT2D eigenvalue weighted by molar-refractivity contribution is 6.12. The van der Waals surface area contributed by atoms with Crippen LogP contribution in [0, 0.1) is 11.3 Å². The van der Waals surface area contributed by atoms with Crippen LogP contribution in [0.25, 0.3) is 83.9 Å². The average Bonchev–Trinajstić information content (AvgIpc) is 3.56. The molecule has 0 amide bonds. The Morgan fingerprint density at radius 3 is 1.35 bits per heavy atom. The molecule has 5 nitrogen and oxygen atoms in total. The summed E-state index contributed by atoms with van der Waals surface area (Å²) in [4.78, 5) is 15.1. The highest BCUT2D eigenvalue weighted by Gasteiger charge is 2.19. The first kappa shape index (κ1) is 29.9. The highest BCUT2D eigenvalue weighted by Crippen LogP contribution is 2.37. The molecule has 0 atom stereocenters. The maximum Gasteiger partial charge on any atom is 0.164 e. The molecule has 0 unspecified atom stereocenters. The molecule has 2 aromatic heterocycles. The number of fused-ring (bicyclic) bond motifs is 3. The molecule has 7 aromatic carbocycles. The van der Waals surface area contributed by atoms with Crippen molar-refractivity contribution < 1.29 is 0 Å². The van der Waals surface area contributed by atoms with E-state index in [-0.39, 0.29) is 0 Å². The Hall–Kier alpha value is -7.16. The van der Waals surface area contributed by atoms with Crippen molar-refractivity contribution in [2.45, 2.75) is 0 Å². The van der Waals surface area contributed by atoms with Crippen LogP contribution in [0.2, 0.25) is 0 Å². The molecule has 0 N–H and O–H groups in total.